The predicted octanol–water partition coefficient (Wildman–Crippen LogP) is 8.25. The third-order valence-electron chi connectivity index (χ3n) is 8.26. The normalized spacial score (nSPS) is 39.2. The molecule has 0 heteroatoms. The van der Waals surface area contributed by atoms with Crippen molar-refractivity contribution in [3.8, 4) is 0 Å². The maximum atomic E-state index is 2.55. The van der Waals surface area contributed by atoms with E-state index >= 15 is 0 Å². The van der Waals surface area contributed by atoms with Crippen LogP contribution in [-0.2, 0) is 0 Å². The van der Waals surface area contributed by atoms with E-state index in [2.05, 4.69) is 34.6 Å². The topological polar surface area (TPSA) is 0 Å². The number of hydrogen-bond donors (Lipinski definition) is 0. The molecule has 2 unspecified atom stereocenters. The first-order valence-corrected chi connectivity index (χ1v) is 11.8. The third kappa shape index (κ3) is 5.04. The van der Waals surface area contributed by atoms with Gasteiger partial charge in [0, 0.05) is 0 Å². The van der Waals surface area contributed by atoms with Crippen LogP contribution in [0.1, 0.15) is 118 Å². The van der Waals surface area contributed by atoms with E-state index < -0.39 is 0 Å². The van der Waals surface area contributed by atoms with Crippen molar-refractivity contribution in [3.05, 3.63) is 0 Å². The Hall–Kier alpha value is 0. The Balaban J connectivity index is 1.67. The van der Waals surface area contributed by atoms with Crippen LogP contribution in [0.3, 0.4) is 0 Å². The molecule has 0 bridgehead atoms. The van der Waals surface area contributed by atoms with Gasteiger partial charge in [0.15, 0.2) is 0 Å². The molecule has 146 valence electrons. The summed E-state index contributed by atoms with van der Waals surface area (Å²) in [6.45, 7) is 12.6. The van der Waals surface area contributed by atoms with Crippen molar-refractivity contribution >= 4 is 0 Å². The molecule has 2 atom stereocenters. The molecule has 0 aromatic carbocycles. The lowest BCUT2D eigenvalue weighted by molar-refractivity contribution is -0.00929. The van der Waals surface area contributed by atoms with E-state index in [0.29, 0.717) is 10.8 Å². The van der Waals surface area contributed by atoms with E-state index in [9.17, 15) is 0 Å². The van der Waals surface area contributed by atoms with Gasteiger partial charge in [0.1, 0.15) is 0 Å². The van der Waals surface area contributed by atoms with Crippen LogP contribution in [0.4, 0.5) is 0 Å². The molecule has 3 fully saturated rings. The summed E-state index contributed by atoms with van der Waals surface area (Å²) in [5, 5.41) is 0. The van der Waals surface area contributed by atoms with Crippen LogP contribution < -0.4 is 0 Å². The third-order valence-corrected chi connectivity index (χ3v) is 8.26. The largest absolute Gasteiger partial charge is 0.0654 e. The number of rotatable bonds is 4. The molecule has 0 aliphatic heterocycles. The monoisotopic (exact) mass is 346 g/mol. The van der Waals surface area contributed by atoms with Gasteiger partial charge in [-0.15, -0.1) is 0 Å². The van der Waals surface area contributed by atoms with E-state index in [4.69, 9.17) is 0 Å². The zero-order valence-corrected chi connectivity index (χ0v) is 18.1. The van der Waals surface area contributed by atoms with Gasteiger partial charge in [-0.2, -0.15) is 0 Å². The lowest BCUT2D eigenvalue weighted by atomic mass is 9.54. The molecule has 0 aromatic heterocycles. The second-order valence-electron chi connectivity index (χ2n) is 11.9. The Labute approximate surface area is 158 Å². The first-order chi connectivity index (χ1) is 11.8. The second kappa shape index (κ2) is 7.93. The van der Waals surface area contributed by atoms with E-state index in [1.165, 1.54) is 44.9 Å². The zero-order valence-electron chi connectivity index (χ0n) is 18.1. The summed E-state index contributed by atoms with van der Waals surface area (Å²) in [7, 11) is 0. The van der Waals surface area contributed by atoms with Gasteiger partial charge < -0.3 is 0 Å². The molecule has 0 spiro atoms. The standard InChI is InChI=1S/C25H46/c1-6-9-19-12-14-20(15-13-19)22-10-7-8-11-23(22)21-16-24(2,3)18-25(4,5)17-21/h19-23H,6-18H2,1-5H3. The van der Waals surface area contributed by atoms with E-state index in [1.807, 2.05) is 0 Å². The highest BCUT2D eigenvalue weighted by atomic mass is 14.5. The summed E-state index contributed by atoms with van der Waals surface area (Å²) in [6.07, 6.45) is 19.7. The fourth-order valence-corrected chi connectivity index (χ4v) is 7.91. The highest BCUT2D eigenvalue weighted by Gasteiger charge is 2.45. The minimum absolute atomic E-state index is 0.563. The van der Waals surface area contributed by atoms with Crippen molar-refractivity contribution in [2.24, 2.45) is 40.4 Å². The first kappa shape index (κ1) is 19.8. The summed E-state index contributed by atoms with van der Waals surface area (Å²) < 4.78 is 0. The second-order valence-corrected chi connectivity index (χ2v) is 11.9. The Bertz CT molecular complexity index is 394. The van der Waals surface area contributed by atoms with Gasteiger partial charge in [-0.3, -0.25) is 0 Å². The predicted molar refractivity (Wildman–Crippen MR) is 111 cm³/mol. The molecule has 0 heterocycles. The van der Waals surface area contributed by atoms with Crippen LogP contribution in [0.2, 0.25) is 0 Å². The molecule has 0 nitrogen and oxygen atoms in total. The van der Waals surface area contributed by atoms with Crippen molar-refractivity contribution in [3.63, 3.8) is 0 Å². The Morgan fingerprint density at radius 3 is 1.72 bits per heavy atom. The minimum Gasteiger partial charge on any atom is -0.0654 e. The van der Waals surface area contributed by atoms with Crippen molar-refractivity contribution in [2.45, 2.75) is 118 Å². The molecule has 0 saturated heterocycles. The molecular formula is C25H46. The van der Waals surface area contributed by atoms with Gasteiger partial charge in [0.25, 0.3) is 0 Å². The molecule has 25 heavy (non-hydrogen) atoms. The van der Waals surface area contributed by atoms with Crippen LogP contribution in [0, 0.1) is 40.4 Å². The molecule has 3 rings (SSSR count). The summed E-state index contributed by atoms with van der Waals surface area (Å²) in [5.41, 5.74) is 1.13. The van der Waals surface area contributed by atoms with Crippen molar-refractivity contribution in [2.75, 3.05) is 0 Å². The summed E-state index contributed by atoms with van der Waals surface area (Å²) >= 11 is 0. The van der Waals surface area contributed by atoms with Gasteiger partial charge in [-0.25, -0.2) is 0 Å². The van der Waals surface area contributed by atoms with Crippen LogP contribution >= 0.6 is 0 Å². The maximum Gasteiger partial charge on any atom is -0.0346 e. The van der Waals surface area contributed by atoms with Crippen LogP contribution in [-0.4, -0.2) is 0 Å². The molecular weight excluding hydrogens is 300 g/mol. The van der Waals surface area contributed by atoms with Gasteiger partial charge in [0.05, 0.1) is 0 Å². The van der Waals surface area contributed by atoms with Crippen molar-refractivity contribution < 1.29 is 0 Å². The fourth-order valence-electron chi connectivity index (χ4n) is 7.91. The smallest absolute Gasteiger partial charge is 0.0346 e. The SMILES string of the molecule is CCCC1CCC(C2CCCCC2C2CC(C)(C)CC(C)(C)C2)CC1. The van der Waals surface area contributed by atoms with Crippen LogP contribution in [0.25, 0.3) is 0 Å². The van der Waals surface area contributed by atoms with Crippen LogP contribution in [0.15, 0.2) is 0 Å². The molecule has 3 aliphatic carbocycles. The van der Waals surface area contributed by atoms with Crippen LogP contribution in [0.5, 0.6) is 0 Å². The van der Waals surface area contributed by atoms with E-state index in [0.717, 1.165) is 29.6 Å². The number of hydrogen-bond acceptors (Lipinski definition) is 0. The minimum atomic E-state index is 0.563. The van der Waals surface area contributed by atoms with Gasteiger partial charge in [0.2, 0.25) is 0 Å². The lowest BCUT2D eigenvalue weighted by Gasteiger charge is -2.51. The van der Waals surface area contributed by atoms with Crippen molar-refractivity contribution in [1.82, 2.24) is 0 Å². The Morgan fingerprint density at radius 1 is 0.680 bits per heavy atom. The fraction of sp³-hybridized carbons (Fsp3) is 1.00. The average molecular weight is 347 g/mol. The molecule has 0 N–H and O–H groups in total. The Morgan fingerprint density at radius 2 is 1.20 bits per heavy atom. The highest BCUT2D eigenvalue weighted by molar-refractivity contribution is 4.95. The highest BCUT2D eigenvalue weighted by Crippen LogP contribution is 2.55. The van der Waals surface area contributed by atoms with E-state index in [-0.39, 0.29) is 0 Å². The van der Waals surface area contributed by atoms with Gasteiger partial charge in [-0.05, 0) is 85.4 Å². The summed E-state index contributed by atoms with van der Waals surface area (Å²) in [5.74, 6) is 5.28. The molecule has 3 saturated carbocycles. The molecule has 0 radical (unpaired) electrons. The summed E-state index contributed by atoms with van der Waals surface area (Å²) in [4.78, 5) is 0. The molecule has 0 aromatic rings. The average Bonchev–Trinajstić information content (AvgIpc) is 2.53. The molecule has 3 aliphatic rings. The Kier molecular flexibility index (Phi) is 6.27. The lowest BCUT2D eigenvalue weighted by Crippen LogP contribution is -2.41. The maximum absolute atomic E-state index is 2.55. The molecule has 0 amide bonds. The summed E-state index contributed by atoms with van der Waals surface area (Å²) in [6, 6.07) is 0. The first-order valence-electron chi connectivity index (χ1n) is 11.8. The van der Waals surface area contributed by atoms with Gasteiger partial charge >= 0.3 is 0 Å². The van der Waals surface area contributed by atoms with E-state index in [1.54, 1.807) is 38.5 Å². The quantitative estimate of drug-likeness (QED) is 0.480. The zero-order chi connectivity index (χ0) is 18.1. The van der Waals surface area contributed by atoms with Crippen molar-refractivity contribution in [1.29, 1.82) is 0 Å². The van der Waals surface area contributed by atoms with Gasteiger partial charge in [-0.1, -0.05) is 73.1 Å².